The van der Waals surface area contributed by atoms with E-state index in [9.17, 15) is 0 Å². The Hall–Kier alpha value is -1.10. The molecule has 1 atom stereocenters. The molecule has 56 valence electrons. The predicted molar refractivity (Wildman–Crippen MR) is 36.2 cm³/mol. The second-order valence-electron chi connectivity index (χ2n) is 2.13. The van der Waals surface area contributed by atoms with Crippen LogP contribution in [0.25, 0.3) is 0 Å². The molecular formula is C5H10N4O. The summed E-state index contributed by atoms with van der Waals surface area (Å²) in [5.41, 5.74) is 10.6. The molecule has 5 nitrogen and oxygen atoms in total. The maximum atomic E-state index is 5.34. The minimum Gasteiger partial charge on any atom is -0.365 e. The fourth-order valence-electron chi connectivity index (χ4n) is 0.548. The average Bonchev–Trinajstić information content (AvgIpc) is 2.34. The number of rotatable bonds is 2. The zero-order valence-corrected chi connectivity index (χ0v) is 5.74. The summed E-state index contributed by atoms with van der Waals surface area (Å²) in [4.78, 5) is 3.80. The molecule has 0 aromatic carbocycles. The largest absolute Gasteiger partial charge is 0.365 e. The number of anilines is 1. The van der Waals surface area contributed by atoms with Crippen molar-refractivity contribution in [2.24, 2.45) is 5.73 Å². The first-order chi connectivity index (χ1) is 4.74. The van der Waals surface area contributed by atoms with Crippen molar-refractivity contribution in [1.29, 1.82) is 0 Å². The molecule has 5 heteroatoms. The van der Waals surface area contributed by atoms with E-state index < -0.39 is 0 Å². The normalized spacial score (nSPS) is 13.4. The zero-order chi connectivity index (χ0) is 7.56. The molecule has 0 aliphatic carbocycles. The van der Waals surface area contributed by atoms with E-state index in [0.29, 0.717) is 12.4 Å². The highest BCUT2D eigenvalue weighted by atomic mass is 16.5. The molecule has 1 heterocycles. The Kier molecular flexibility index (Phi) is 1.86. The summed E-state index contributed by atoms with van der Waals surface area (Å²) < 4.78 is 4.75. The minimum absolute atomic E-state index is 0.0878. The number of nitrogens with two attached hydrogens (primary N) is 2. The fourth-order valence-corrected chi connectivity index (χ4v) is 0.548. The third-order valence-electron chi connectivity index (χ3n) is 1.23. The molecule has 1 unspecified atom stereocenters. The van der Waals surface area contributed by atoms with Crippen LogP contribution < -0.4 is 11.5 Å². The minimum atomic E-state index is 0.0878. The molecular weight excluding hydrogens is 132 g/mol. The molecule has 10 heavy (non-hydrogen) atoms. The number of aromatic nitrogens is 2. The summed E-state index contributed by atoms with van der Waals surface area (Å²) in [6.07, 6.45) is 0. The van der Waals surface area contributed by atoms with Crippen LogP contribution in [0.3, 0.4) is 0 Å². The first-order valence-electron chi connectivity index (χ1n) is 3.03. The number of nitrogens with zero attached hydrogens (tertiary/aromatic N) is 2. The van der Waals surface area contributed by atoms with E-state index >= 15 is 0 Å². The van der Waals surface area contributed by atoms with Crippen molar-refractivity contribution in [3.63, 3.8) is 0 Å². The van der Waals surface area contributed by atoms with E-state index in [0.717, 1.165) is 0 Å². The molecule has 1 rings (SSSR count). The lowest BCUT2D eigenvalue weighted by Crippen LogP contribution is -2.09. The highest BCUT2D eigenvalue weighted by Crippen LogP contribution is 2.10. The van der Waals surface area contributed by atoms with Crippen LogP contribution in [0.1, 0.15) is 18.7 Å². The van der Waals surface area contributed by atoms with Crippen LogP contribution in [0.15, 0.2) is 4.52 Å². The predicted octanol–water partition coefficient (Wildman–Crippen LogP) is -0.286. The summed E-state index contributed by atoms with van der Waals surface area (Å²) in [6, 6.07) is 0. The topological polar surface area (TPSA) is 91.0 Å². The SMILES string of the molecule is CC(CN)c1nc(N)no1. The van der Waals surface area contributed by atoms with Crippen LogP contribution in [0.4, 0.5) is 5.95 Å². The summed E-state index contributed by atoms with van der Waals surface area (Å²) in [6.45, 7) is 2.38. The van der Waals surface area contributed by atoms with Gasteiger partial charge in [-0.3, -0.25) is 0 Å². The Morgan fingerprint density at radius 2 is 2.40 bits per heavy atom. The van der Waals surface area contributed by atoms with Gasteiger partial charge < -0.3 is 16.0 Å². The summed E-state index contributed by atoms with van der Waals surface area (Å²) in [5.74, 6) is 0.750. The lowest BCUT2D eigenvalue weighted by atomic mass is 10.2. The van der Waals surface area contributed by atoms with Gasteiger partial charge in [0.2, 0.25) is 5.89 Å². The van der Waals surface area contributed by atoms with E-state index in [1.54, 1.807) is 0 Å². The first-order valence-corrected chi connectivity index (χ1v) is 3.03. The van der Waals surface area contributed by atoms with E-state index in [4.69, 9.17) is 16.0 Å². The van der Waals surface area contributed by atoms with Gasteiger partial charge >= 0.3 is 0 Å². The van der Waals surface area contributed by atoms with Crippen molar-refractivity contribution in [2.75, 3.05) is 12.3 Å². The number of hydrogen-bond acceptors (Lipinski definition) is 5. The lowest BCUT2D eigenvalue weighted by molar-refractivity contribution is 0.361. The Morgan fingerprint density at radius 3 is 2.80 bits per heavy atom. The highest BCUT2D eigenvalue weighted by molar-refractivity contribution is 5.11. The maximum absolute atomic E-state index is 5.34. The van der Waals surface area contributed by atoms with Crippen LogP contribution in [-0.2, 0) is 0 Å². The average molecular weight is 142 g/mol. The van der Waals surface area contributed by atoms with Gasteiger partial charge in [-0.2, -0.15) is 4.98 Å². The summed E-state index contributed by atoms with van der Waals surface area (Å²) in [5, 5.41) is 3.42. The standard InChI is InChI=1S/C5H10N4O/c1-3(2-6)4-8-5(7)9-10-4/h3H,2,6H2,1H3,(H2,7,9). The molecule has 1 aromatic heterocycles. The van der Waals surface area contributed by atoms with Crippen LogP contribution in [0, 0.1) is 0 Å². The molecule has 4 N–H and O–H groups in total. The molecule has 0 radical (unpaired) electrons. The van der Waals surface area contributed by atoms with Crippen molar-refractivity contribution in [1.82, 2.24) is 10.1 Å². The molecule has 1 aromatic rings. The van der Waals surface area contributed by atoms with Gasteiger partial charge in [-0.15, -0.1) is 0 Å². The van der Waals surface area contributed by atoms with Gasteiger partial charge in [0.25, 0.3) is 5.95 Å². The van der Waals surface area contributed by atoms with Crippen LogP contribution in [-0.4, -0.2) is 16.7 Å². The molecule has 0 aliphatic heterocycles. The van der Waals surface area contributed by atoms with Gasteiger partial charge in [0.1, 0.15) is 0 Å². The van der Waals surface area contributed by atoms with Crippen molar-refractivity contribution in [3.8, 4) is 0 Å². The van der Waals surface area contributed by atoms with Gasteiger partial charge in [0.05, 0.1) is 0 Å². The molecule has 0 aliphatic rings. The van der Waals surface area contributed by atoms with Crippen molar-refractivity contribution >= 4 is 5.95 Å². The van der Waals surface area contributed by atoms with Crippen molar-refractivity contribution in [2.45, 2.75) is 12.8 Å². The summed E-state index contributed by atoms with van der Waals surface area (Å²) in [7, 11) is 0. The zero-order valence-electron chi connectivity index (χ0n) is 5.74. The molecule has 0 saturated carbocycles. The van der Waals surface area contributed by atoms with Crippen LogP contribution in [0.5, 0.6) is 0 Å². The number of nitrogen functional groups attached to an aromatic ring is 1. The Bertz CT molecular complexity index is 209. The van der Waals surface area contributed by atoms with Gasteiger partial charge in [-0.25, -0.2) is 0 Å². The molecule has 0 saturated heterocycles. The third kappa shape index (κ3) is 1.24. The van der Waals surface area contributed by atoms with Crippen LogP contribution in [0.2, 0.25) is 0 Å². The second-order valence-corrected chi connectivity index (χ2v) is 2.13. The third-order valence-corrected chi connectivity index (χ3v) is 1.23. The van der Waals surface area contributed by atoms with E-state index in [1.165, 1.54) is 0 Å². The van der Waals surface area contributed by atoms with E-state index in [2.05, 4.69) is 10.1 Å². The molecule has 0 fully saturated rings. The number of hydrogen-bond donors (Lipinski definition) is 2. The van der Waals surface area contributed by atoms with Gasteiger partial charge in [0, 0.05) is 12.5 Å². The monoisotopic (exact) mass is 142 g/mol. The van der Waals surface area contributed by atoms with E-state index in [-0.39, 0.29) is 11.9 Å². The quantitative estimate of drug-likeness (QED) is 0.592. The maximum Gasteiger partial charge on any atom is 0.260 e. The van der Waals surface area contributed by atoms with Gasteiger partial charge in [-0.05, 0) is 5.16 Å². The van der Waals surface area contributed by atoms with Crippen LogP contribution >= 0.6 is 0 Å². The van der Waals surface area contributed by atoms with Crippen molar-refractivity contribution in [3.05, 3.63) is 5.89 Å². The van der Waals surface area contributed by atoms with E-state index in [1.807, 2.05) is 6.92 Å². The smallest absolute Gasteiger partial charge is 0.260 e. The van der Waals surface area contributed by atoms with Gasteiger partial charge in [-0.1, -0.05) is 6.92 Å². The first kappa shape index (κ1) is 7.01. The Labute approximate surface area is 58.4 Å². The highest BCUT2D eigenvalue weighted by Gasteiger charge is 2.09. The Balaban J connectivity index is 2.74. The molecule has 0 amide bonds. The fraction of sp³-hybridized carbons (Fsp3) is 0.600. The Morgan fingerprint density at radius 1 is 1.70 bits per heavy atom. The molecule has 0 spiro atoms. The van der Waals surface area contributed by atoms with Gasteiger partial charge in [0.15, 0.2) is 0 Å². The molecule has 0 bridgehead atoms. The van der Waals surface area contributed by atoms with Crippen molar-refractivity contribution < 1.29 is 4.52 Å². The lowest BCUT2D eigenvalue weighted by Gasteiger charge is -1.97. The second kappa shape index (κ2) is 2.66. The summed E-state index contributed by atoms with van der Waals surface area (Å²) >= 11 is 0.